The molecule has 0 saturated carbocycles. The number of hydrogen-bond donors (Lipinski definition) is 2. The van der Waals surface area contributed by atoms with Crippen LogP contribution in [0.3, 0.4) is 0 Å². The van der Waals surface area contributed by atoms with Crippen molar-refractivity contribution in [2.75, 3.05) is 11.1 Å². The zero-order chi connectivity index (χ0) is 13.3. The number of nitrogens with zero attached hydrogens (tertiary/aromatic N) is 1. The monoisotopic (exact) mass is 269 g/mol. The highest BCUT2D eigenvalue weighted by atomic mass is 35.5. The van der Waals surface area contributed by atoms with Crippen molar-refractivity contribution in [3.8, 4) is 0 Å². The molecule has 0 aliphatic heterocycles. The summed E-state index contributed by atoms with van der Waals surface area (Å²) >= 11 is 5.71. The summed E-state index contributed by atoms with van der Waals surface area (Å²) < 4.78 is 27.3. The molecule has 0 aliphatic carbocycles. The number of pyridine rings is 1. The van der Waals surface area contributed by atoms with Gasteiger partial charge in [-0.2, -0.15) is 0 Å². The average molecular weight is 270 g/mol. The minimum atomic E-state index is -0.710. The Morgan fingerprint density at radius 1 is 1.28 bits per heavy atom. The van der Waals surface area contributed by atoms with Crippen molar-refractivity contribution in [1.29, 1.82) is 0 Å². The van der Waals surface area contributed by atoms with Gasteiger partial charge in [0.15, 0.2) is 5.82 Å². The normalized spacial score (nSPS) is 10.4. The number of hydrogen-bond acceptors (Lipinski definition) is 3. The lowest BCUT2D eigenvalue weighted by atomic mass is 10.2. The molecule has 94 valence electrons. The molecule has 0 radical (unpaired) electrons. The molecule has 0 atom stereocenters. The van der Waals surface area contributed by atoms with E-state index in [1.165, 1.54) is 24.3 Å². The Morgan fingerprint density at radius 2 is 2.00 bits per heavy atom. The minimum absolute atomic E-state index is 0.144. The predicted molar refractivity (Wildman–Crippen MR) is 68.0 cm³/mol. The number of halogens is 3. The van der Waals surface area contributed by atoms with E-state index in [0.717, 1.165) is 0 Å². The molecule has 1 heterocycles. The number of aryl methyl sites for hydroxylation is 1. The standard InChI is InChI=1S/C12H10ClF2N3/c1-6-2-3-8(14)12(11(6)15)18-10-5-7(16)4-9(13)17-10/h2-5H,1H3,(H3,16,17,18). The maximum absolute atomic E-state index is 13.8. The zero-order valence-corrected chi connectivity index (χ0v) is 10.2. The van der Waals surface area contributed by atoms with Crippen LogP contribution in [0.25, 0.3) is 0 Å². The lowest BCUT2D eigenvalue weighted by molar-refractivity contribution is 0.584. The van der Waals surface area contributed by atoms with Crippen LogP contribution in [0.15, 0.2) is 24.3 Å². The van der Waals surface area contributed by atoms with Crippen molar-refractivity contribution in [1.82, 2.24) is 4.98 Å². The van der Waals surface area contributed by atoms with Crippen LogP contribution in [0.5, 0.6) is 0 Å². The molecule has 3 nitrogen and oxygen atoms in total. The van der Waals surface area contributed by atoms with Gasteiger partial charge in [0.1, 0.15) is 22.5 Å². The Labute approximate surface area is 108 Å². The Morgan fingerprint density at radius 3 is 2.67 bits per heavy atom. The van der Waals surface area contributed by atoms with Gasteiger partial charge in [-0.25, -0.2) is 13.8 Å². The van der Waals surface area contributed by atoms with Gasteiger partial charge in [0, 0.05) is 11.8 Å². The first-order valence-corrected chi connectivity index (χ1v) is 5.50. The van der Waals surface area contributed by atoms with Gasteiger partial charge in [-0.3, -0.25) is 0 Å². The number of nitrogen functional groups attached to an aromatic ring is 1. The third-order valence-electron chi connectivity index (χ3n) is 2.35. The quantitative estimate of drug-likeness (QED) is 0.818. The summed E-state index contributed by atoms with van der Waals surface area (Å²) in [6.45, 7) is 1.54. The fourth-order valence-electron chi connectivity index (χ4n) is 1.48. The summed E-state index contributed by atoms with van der Waals surface area (Å²) in [5.74, 6) is -1.20. The highest BCUT2D eigenvalue weighted by molar-refractivity contribution is 6.29. The highest BCUT2D eigenvalue weighted by Crippen LogP contribution is 2.26. The topological polar surface area (TPSA) is 50.9 Å². The maximum atomic E-state index is 13.8. The number of rotatable bonds is 2. The van der Waals surface area contributed by atoms with Gasteiger partial charge in [0.25, 0.3) is 0 Å². The van der Waals surface area contributed by atoms with Crippen LogP contribution in [-0.4, -0.2) is 4.98 Å². The van der Waals surface area contributed by atoms with Gasteiger partial charge in [-0.05, 0) is 24.6 Å². The molecule has 0 spiro atoms. The molecule has 2 rings (SSSR count). The van der Waals surface area contributed by atoms with E-state index in [2.05, 4.69) is 10.3 Å². The largest absolute Gasteiger partial charge is 0.399 e. The van der Waals surface area contributed by atoms with Crippen molar-refractivity contribution >= 4 is 28.8 Å². The number of aromatic nitrogens is 1. The molecule has 18 heavy (non-hydrogen) atoms. The zero-order valence-electron chi connectivity index (χ0n) is 9.47. The van der Waals surface area contributed by atoms with Gasteiger partial charge < -0.3 is 11.1 Å². The van der Waals surface area contributed by atoms with Crippen LogP contribution in [0.4, 0.5) is 26.0 Å². The second-order valence-corrected chi connectivity index (χ2v) is 4.17. The molecule has 0 unspecified atom stereocenters. The van der Waals surface area contributed by atoms with Gasteiger partial charge in [0.2, 0.25) is 0 Å². The Balaban J connectivity index is 2.42. The van der Waals surface area contributed by atoms with Gasteiger partial charge >= 0.3 is 0 Å². The second-order valence-electron chi connectivity index (χ2n) is 3.79. The van der Waals surface area contributed by atoms with Crippen molar-refractivity contribution in [3.05, 3.63) is 46.6 Å². The molecule has 0 fully saturated rings. The molecular formula is C12H10ClF2N3. The summed E-state index contributed by atoms with van der Waals surface area (Å²) in [5, 5.41) is 2.68. The lowest BCUT2D eigenvalue weighted by Gasteiger charge is -2.10. The number of nitrogens with one attached hydrogen (secondary N) is 1. The molecule has 2 aromatic rings. The first-order valence-electron chi connectivity index (χ1n) is 5.12. The van der Waals surface area contributed by atoms with E-state index in [-0.39, 0.29) is 16.7 Å². The summed E-state index contributed by atoms with van der Waals surface area (Å²) in [7, 11) is 0. The third-order valence-corrected chi connectivity index (χ3v) is 2.55. The molecular weight excluding hydrogens is 260 g/mol. The average Bonchev–Trinajstić information content (AvgIpc) is 2.28. The molecule has 1 aromatic carbocycles. The molecule has 0 bridgehead atoms. The summed E-state index contributed by atoms with van der Waals surface area (Å²) in [5.41, 5.74) is 5.97. The molecule has 0 amide bonds. The van der Waals surface area contributed by atoms with E-state index < -0.39 is 11.6 Å². The van der Waals surface area contributed by atoms with Crippen LogP contribution in [0.1, 0.15) is 5.56 Å². The molecule has 1 aromatic heterocycles. The van der Waals surface area contributed by atoms with E-state index in [0.29, 0.717) is 11.3 Å². The number of nitrogens with two attached hydrogens (primary N) is 1. The fourth-order valence-corrected chi connectivity index (χ4v) is 1.70. The molecule has 0 saturated heterocycles. The van der Waals surface area contributed by atoms with E-state index in [1.54, 1.807) is 6.92 Å². The van der Waals surface area contributed by atoms with E-state index >= 15 is 0 Å². The Bertz CT molecular complexity index is 582. The third kappa shape index (κ3) is 2.51. The van der Waals surface area contributed by atoms with E-state index in [1.807, 2.05) is 0 Å². The highest BCUT2D eigenvalue weighted by Gasteiger charge is 2.12. The first-order chi connectivity index (χ1) is 8.47. The van der Waals surface area contributed by atoms with Gasteiger partial charge in [-0.1, -0.05) is 17.7 Å². The maximum Gasteiger partial charge on any atom is 0.152 e. The second kappa shape index (κ2) is 4.78. The van der Waals surface area contributed by atoms with Crippen molar-refractivity contribution in [2.24, 2.45) is 0 Å². The summed E-state index contributed by atoms with van der Waals surface area (Å²) in [6, 6.07) is 5.41. The minimum Gasteiger partial charge on any atom is -0.399 e. The molecule has 6 heteroatoms. The SMILES string of the molecule is Cc1ccc(F)c(Nc2cc(N)cc(Cl)n2)c1F. The van der Waals surface area contributed by atoms with Crippen molar-refractivity contribution in [2.45, 2.75) is 6.92 Å². The van der Waals surface area contributed by atoms with Crippen LogP contribution >= 0.6 is 11.6 Å². The Hall–Kier alpha value is -1.88. The Kier molecular flexibility index (Phi) is 3.34. The summed E-state index contributed by atoms with van der Waals surface area (Å²) in [4.78, 5) is 3.88. The van der Waals surface area contributed by atoms with Gasteiger partial charge in [0.05, 0.1) is 0 Å². The lowest BCUT2D eigenvalue weighted by Crippen LogP contribution is -2.02. The van der Waals surface area contributed by atoms with Crippen molar-refractivity contribution in [3.63, 3.8) is 0 Å². The molecule has 0 aliphatic rings. The fraction of sp³-hybridized carbons (Fsp3) is 0.0833. The first kappa shape index (κ1) is 12.6. The smallest absolute Gasteiger partial charge is 0.152 e. The van der Waals surface area contributed by atoms with Crippen LogP contribution in [0.2, 0.25) is 5.15 Å². The van der Waals surface area contributed by atoms with E-state index in [4.69, 9.17) is 17.3 Å². The van der Waals surface area contributed by atoms with E-state index in [9.17, 15) is 8.78 Å². The predicted octanol–water partition coefficient (Wildman–Crippen LogP) is 3.65. The van der Waals surface area contributed by atoms with Gasteiger partial charge in [-0.15, -0.1) is 0 Å². The molecule has 3 N–H and O–H groups in total. The van der Waals surface area contributed by atoms with Crippen LogP contribution in [-0.2, 0) is 0 Å². The summed E-state index contributed by atoms with van der Waals surface area (Å²) in [6.07, 6.45) is 0. The number of anilines is 3. The number of benzene rings is 1. The van der Waals surface area contributed by atoms with Crippen LogP contribution < -0.4 is 11.1 Å². The van der Waals surface area contributed by atoms with Crippen molar-refractivity contribution < 1.29 is 8.78 Å². The van der Waals surface area contributed by atoms with Crippen LogP contribution in [0, 0.1) is 18.6 Å².